The summed E-state index contributed by atoms with van der Waals surface area (Å²) in [6.07, 6.45) is 0. The van der Waals surface area contributed by atoms with E-state index in [9.17, 15) is 9.59 Å². The minimum absolute atomic E-state index is 0.172. The van der Waals surface area contributed by atoms with Crippen LogP contribution in [0.25, 0.3) is 11.2 Å². The SMILES string of the molecule is COc1ccc(N2CC(C)Cn3c2nc2c3c(=O)n(CC(C)C)c(=O)n2C)c(OC)c1. The lowest BCUT2D eigenvalue weighted by Gasteiger charge is -2.33. The van der Waals surface area contributed by atoms with Gasteiger partial charge in [-0.05, 0) is 24.0 Å². The minimum Gasteiger partial charge on any atom is -0.497 e. The van der Waals surface area contributed by atoms with Crippen molar-refractivity contribution in [2.24, 2.45) is 18.9 Å². The largest absolute Gasteiger partial charge is 0.497 e. The lowest BCUT2D eigenvalue weighted by atomic mass is 10.1. The predicted molar refractivity (Wildman–Crippen MR) is 120 cm³/mol. The van der Waals surface area contributed by atoms with Crippen molar-refractivity contribution in [2.75, 3.05) is 25.7 Å². The molecule has 0 radical (unpaired) electrons. The molecule has 0 aliphatic carbocycles. The van der Waals surface area contributed by atoms with E-state index in [4.69, 9.17) is 14.5 Å². The zero-order valence-electron chi connectivity index (χ0n) is 18.9. The van der Waals surface area contributed by atoms with Crippen LogP contribution < -0.4 is 25.6 Å². The van der Waals surface area contributed by atoms with Crippen LogP contribution in [0, 0.1) is 11.8 Å². The number of rotatable bonds is 5. The molecule has 1 aliphatic rings. The number of benzene rings is 1. The molecule has 4 rings (SSSR count). The number of ether oxygens (including phenoxy) is 2. The highest BCUT2D eigenvalue weighted by atomic mass is 16.5. The molecule has 1 aromatic carbocycles. The molecular weight excluding hydrogens is 398 g/mol. The highest BCUT2D eigenvalue weighted by Crippen LogP contribution is 2.39. The maximum absolute atomic E-state index is 13.4. The molecule has 0 N–H and O–H groups in total. The number of methoxy groups -OCH3 is 2. The maximum atomic E-state index is 13.4. The van der Waals surface area contributed by atoms with Crippen molar-refractivity contribution in [2.45, 2.75) is 33.9 Å². The van der Waals surface area contributed by atoms with Gasteiger partial charge in [0.15, 0.2) is 11.2 Å². The number of aryl methyl sites for hydroxylation is 1. The molecule has 0 saturated heterocycles. The maximum Gasteiger partial charge on any atom is 0.332 e. The second kappa shape index (κ2) is 7.79. The van der Waals surface area contributed by atoms with E-state index in [1.165, 1.54) is 9.13 Å². The van der Waals surface area contributed by atoms with Crippen LogP contribution in [0.15, 0.2) is 27.8 Å². The summed E-state index contributed by atoms with van der Waals surface area (Å²) < 4.78 is 15.7. The Morgan fingerprint density at radius 1 is 1.16 bits per heavy atom. The highest BCUT2D eigenvalue weighted by molar-refractivity contribution is 5.78. The number of imidazole rings is 1. The van der Waals surface area contributed by atoms with Crippen molar-refractivity contribution in [3.05, 3.63) is 39.0 Å². The molecule has 0 spiro atoms. The van der Waals surface area contributed by atoms with E-state index in [1.807, 2.05) is 41.5 Å². The Balaban J connectivity index is 1.98. The molecule has 31 heavy (non-hydrogen) atoms. The Morgan fingerprint density at radius 2 is 1.90 bits per heavy atom. The summed E-state index contributed by atoms with van der Waals surface area (Å²) in [5.74, 6) is 2.40. The van der Waals surface area contributed by atoms with E-state index in [0.717, 1.165) is 5.69 Å². The van der Waals surface area contributed by atoms with E-state index >= 15 is 0 Å². The Bertz CT molecular complexity index is 1250. The van der Waals surface area contributed by atoms with Crippen LogP contribution in [-0.4, -0.2) is 39.4 Å². The van der Waals surface area contributed by atoms with Gasteiger partial charge in [-0.3, -0.25) is 13.9 Å². The number of hydrogen-bond acceptors (Lipinski definition) is 6. The average Bonchev–Trinajstić information content (AvgIpc) is 3.13. The van der Waals surface area contributed by atoms with E-state index in [1.54, 1.807) is 21.3 Å². The van der Waals surface area contributed by atoms with Crippen LogP contribution in [-0.2, 0) is 20.1 Å². The molecule has 2 aromatic heterocycles. The molecule has 166 valence electrons. The third kappa shape index (κ3) is 3.37. The van der Waals surface area contributed by atoms with Crippen LogP contribution >= 0.6 is 0 Å². The van der Waals surface area contributed by atoms with Crippen molar-refractivity contribution >= 4 is 22.8 Å². The Morgan fingerprint density at radius 3 is 2.55 bits per heavy atom. The molecule has 1 unspecified atom stereocenters. The monoisotopic (exact) mass is 427 g/mol. The lowest BCUT2D eigenvalue weighted by Crippen LogP contribution is -2.41. The third-order valence-electron chi connectivity index (χ3n) is 5.67. The Hall–Kier alpha value is -3.23. The molecule has 3 aromatic rings. The first-order valence-electron chi connectivity index (χ1n) is 10.5. The zero-order chi connectivity index (χ0) is 22.4. The van der Waals surface area contributed by atoms with Crippen molar-refractivity contribution in [3.63, 3.8) is 0 Å². The molecule has 9 nitrogen and oxygen atoms in total. The standard InChI is InChI=1S/C22H29N5O4/c1-13(2)10-27-20(28)18-19(24(4)22(27)29)23-21-25(11-14(3)12-26(18)21)16-8-7-15(30-5)9-17(16)31-6/h7-9,13-14H,10-12H2,1-6H3. The van der Waals surface area contributed by atoms with Gasteiger partial charge in [-0.1, -0.05) is 20.8 Å². The quantitative estimate of drug-likeness (QED) is 0.622. The van der Waals surface area contributed by atoms with Gasteiger partial charge in [0.1, 0.15) is 11.5 Å². The number of hydrogen-bond donors (Lipinski definition) is 0. The summed E-state index contributed by atoms with van der Waals surface area (Å²) in [6, 6.07) is 5.62. The number of anilines is 2. The normalized spacial score (nSPS) is 16.1. The summed E-state index contributed by atoms with van der Waals surface area (Å²) in [4.78, 5) is 33.0. The fraction of sp³-hybridized carbons (Fsp3) is 0.500. The second-order valence-electron chi connectivity index (χ2n) is 8.60. The highest BCUT2D eigenvalue weighted by Gasteiger charge is 2.31. The van der Waals surface area contributed by atoms with Gasteiger partial charge in [-0.25, -0.2) is 4.79 Å². The van der Waals surface area contributed by atoms with Gasteiger partial charge in [0.05, 0.1) is 19.9 Å². The molecule has 0 bridgehead atoms. The summed E-state index contributed by atoms with van der Waals surface area (Å²) in [7, 11) is 4.89. The van der Waals surface area contributed by atoms with Gasteiger partial charge in [0, 0.05) is 32.7 Å². The van der Waals surface area contributed by atoms with Crippen molar-refractivity contribution in [1.29, 1.82) is 0 Å². The molecule has 1 aliphatic heterocycles. The van der Waals surface area contributed by atoms with Crippen molar-refractivity contribution < 1.29 is 9.47 Å². The topological polar surface area (TPSA) is 83.5 Å². The Labute approximate surface area is 180 Å². The number of aromatic nitrogens is 4. The van der Waals surface area contributed by atoms with E-state index < -0.39 is 0 Å². The van der Waals surface area contributed by atoms with Crippen LogP contribution in [0.4, 0.5) is 11.6 Å². The van der Waals surface area contributed by atoms with Gasteiger partial charge < -0.3 is 18.9 Å². The first-order valence-corrected chi connectivity index (χ1v) is 10.5. The zero-order valence-corrected chi connectivity index (χ0v) is 18.9. The van der Waals surface area contributed by atoms with Gasteiger partial charge in [0.2, 0.25) is 5.95 Å². The van der Waals surface area contributed by atoms with Crippen LogP contribution in [0.3, 0.4) is 0 Å². The number of fused-ring (bicyclic) bond motifs is 3. The first kappa shape index (κ1) is 21.0. The van der Waals surface area contributed by atoms with Crippen LogP contribution in [0.1, 0.15) is 20.8 Å². The molecule has 0 fully saturated rings. The van der Waals surface area contributed by atoms with E-state index in [-0.39, 0.29) is 23.1 Å². The lowest BCUT2D eigenvalue weighted by molar-refractivity contribution is 0.392. The van der Waals surface area contributed by atoms with Gasteiger partial charge in [-0.15, -0.1) is 0 Å². The van der Waals surface area contributed by atoms with Crippen LogP contribution in [0.2, 0.25) is 0 Å². The molecule has 3 heterocycles. The third-order valence-corrected chi connectivity index (χ3v) is 5.67. The van der Waals surface area contributed by atoms with Gasteiger partial charge in [-0.2, -0.15) is 4.98 Å². The summed E-state index contributed by atoms with van der Waals surface area (Å²) >= 11 is 0. The first-order chi connectivity index (χ1) is 14.8. The molecule has 1 atom stereocenters. The van der Waals surface area contributed by atoms with Crippen LogP contribution in [0.5, 0.6) is 11.5 Å². The molecule has 9 heteroatoms. The fourth-order valence-electron chi connectivity index (χ4n) is 4.24. The van der Waals surface area contributed by atoms with Crippen molar-refractivity contribution in [3.8, 4) is 11.5 Å². The predicted octanol–water partition coefficient (Wildman–Crippen LogP) is 2.36. The fourth-order valence-corrected chi connectivity index (χ4v) is 4.24. The Kier molecular flexibility index (Phi) is 5.28. The van der Waals surface area contributed by atoms with E-state index in [0.29, 0.717) is 48.2 Å². The number of nitrogens with zero attached hydrogens (tertiary/aromatic N) is 5. The van der Waals surface area contributed by atoms with Gasteiger partial charge in [0.25, 0.3) is 5.56 Å². The van der Waals surface area contributed by atoms with E-state index in [2.05, 4.69) is 6.92 Å². The summed E-state index contributed by atoms with van der Waals surface area (Å²) in [5, 5.41) is 0. The summed E-state index contributed by atoms with van der Waals surface area (Å²) in [5.41, 5.74) is 1.06. The molecular formula is C22H29N5O4. The van der Waals surface area contributed by atoms with Crippen molar-refractivity contribution in [1.82, 2.24) is 18.7 Å². The molecule has 0 saturated carbocycles. The smallest absolute Gasteiger partial charge is 0.332 e. The molecule has 0 amide bonds. The summed E-state index contributed by atoms with van der Waals surface area (Å²) in [6.45, 7) is 7.83. The minimum atomic E-state index is -0.344. The van der Waals surface area contributed by atoms with Gasteiger partial charge >= 0.3 is 5.69 Å². The average molecular weight is 428 g/mol. The second-order valence-corrected chi connectivity index (χ2v) is 8.60.